The van der Waals surface area contributed by atoms with E-state index in [0.717, 1.165) is 55.0 Å². The van der Waals surface area contributed by atoms with Gasteiger partial charge >= 0.3 is 0 Å². The predicted molar refractivity (Wildman–Crippen MR) is 100.0 cm³/mol. The average molecular weight is 333 g/mol. The van der Waals surface area contributed by atoms with Crippen LogP contribution in [0.4, 0.5) is 0 Å². The molecule has 0 saturated heterocycles. The Morgan fingerprint density at radius 2 is 1.92 bits per heavy atom. The Morgan fingerprint density at radius 3 is 2.72 bits per heavy atom. The highest BCUT2D eigenvalue weighted by molar-refractivity contribution is 5.76. The minimum absolute atomic E-state index is 0.880. The lowest BCUT2D eigenvalue weighted by atomic mass is 10.0. The van der Waals surface area contributed by atoms with Crippen molar-refractivity contribution < 1.29 is 4.74 Å². The van der Waals surface area contributed by atoms with Crippen LogP contribution in [0.3, 0.4) is 0 Å². The molecule has 2 aromatic heterocycles. The number of fused-ring (bicyclic) bond motifs is 2. The van der Waals surface area contributed by atoms with E-state index in [9.17, 15) is 0 Å². The molecule has 0 fully saturated rings. The van der Waals surface area contributed by atoms with Crippen LogP contribution in [0.15, 0.2) is 42.5 Å². The zero-order chi connectivity index (χ0) is 17.2. The molecule has 0 unspecified atom stereocenters. The van der Waals surface area contributed by atoms with Gasteiger partial charge in [0, 0.05) is 42.8 Å². The van der Waals surface area contributed by atoms with E-state index in [2.05, 4.69) is 40.2 Å². The lowest BCUT2D eigenvalue weighted by molar-refractivity contribution is 0.255. The van der Waals surface area contributed by atoms with Crippen molar-refractivity contribution in [2.24, 2.45) is 0 Å². The number of hydrogen-bond donors (Lipinski definition) is 0. The molecule has 25 heavy (non-hydrogen) atoms. The normalized spacial score (nSPS) is 14.5. The van der Waals surface area contributed by atoms with Crippen molar-refractivity contribution >= 4 is 11.0 Å². The number of benzene rings is 1. The first-order valence-corrected chi connectivity index (χ1v) is 8.83. The molecule has 4 rings (SSSR count). The van der Waals surface area contributed by atoms with Crippen LogP contribution in [-0.4, -0.2) is 35.1 Å². The summed E-state index contributed by atoms with van der Waals surface area (Å²) >= 11 is 0. The smallest absolute Gasteiger partial charge is 0.159 e. The lowest BCUT2D eigenvalue weighted by Crippen LogP contribution is -2.32. The van der Waals surface area contributed by atoms with E-state index < -0.39 is 0 Å². The number of pyridine rings is 2. The Kier molecular flexibility index (Phi) is 4.36. The van der Waals surface area contributed by atoms with Crippen LogP contribution in [0.2, 0.25) is 0 Å². The second-order valence-electron chi connectivity index (χ2n) is 6.72. The van der Waals surface area contributed by atoms with E-state index >= 15 is 0 Å². The molecule has 1 aromatic carbocycles. The molecule has 0 aliphatic carbocycles. The summed E-state index contributed by atoms with van der Waals surface area (Å²) in [6.45, 7) is 5.12. The van der Waals surface area contributed by atoms with Crippen LogP contribution in [0.5, 0.6) is 5.75 Å². The number of ether oxygens (including phenoxy) is 1. The molecule has 0 atom stereocenters. The fourth-order valence-corrected chi connectivity index (χ4v) is 3.43. The van der Waals surface area contributed by atoms with Gasteiger partial charge in [-0.3, -0.25) is 4.90 Å². The summed E-state index contributed by atoms with van der Waals surface area (Å²) in [5.74, 6) is 0.914. The van der Waals surface area contributed by atoms with E-state index in [-0.39, 0.29) is 0 Å². The largest absolute Gasteiger partial charge is 0.497 e. The molecule has 0 N–H and O–H groups in total. The highest BCUT2D eigenvalue weighted by atomic mass is 16.5. The Morgan fingerprint density at radius 1 is 1.08 bits per heavy atom. The van der Waals surface area contributed by atoms with Crippen LogP contribution in [0, 0.1) is 6.92 Å². The molecule has 4 nitrogen and oxygen atoms in total. The maximum Gasteiger partial charge on any atom is 0.159 e. The van der Waals surface area contributed by atoms with Crippen LogP contribution >= 0.6 is 0 Å². The van der Waals surface area contributed by atoms with Crippen molar-refractivity contribution in [1.29, 1.82) is 0 Å². The maximum atomic E-state index is 5.22. The van der Waals surface area contributed by atoms with Crippen molar-refractivity contribution in [2.45, 2.75) is 26.3 Å². The van der Waals surface area contributed by atoms with Gasteiger partial charge in [-0.1, -0.05) is 12.1 Å². The van der Waals surface area contributed by atoms with E-state index in [1.807, 2.05) is 19.1 Å². The fourth-order valence-electron chi connectivity index (χ4n) is 3.43. The maximum absolute atomic E-state index is 5.22. The van der Waals surface area contributed by atoms with Crippen molar-refractivity contribution in [3.05, 3.63) is 65.0 Å². The van der Waals surface area contributed by atoms with Crippen LogP contribution < -0.4 is 4.74 Å². The molecule has 4 heteroatoms. The summed E-state index contributed by atoms with van der Waals surface area (Å²) in [4.78, 5) is 11.9. The van der Waals surface area contributed by atoms with Crippen LogP contribution in [0.1, 0.15) is 22.5 Å². The number of aryl methyl sites for hydroxylation is 1. The van der Waals surface area contributed by atoms with E-state index in [1.54, 1.807) is 7.11 Å². The fraction of sp³-hybridized carbons (Fsp3) is 0.333. The first-order chi connectivity index (χ1) is 12.2. The molecule has 0 amide bonds. The summed E-state index contributed by atoms with van der Waals surface area (Å²) in [5, 5.41) is 1.14. The van der Waals surface area contributed by atoms with Crippen molar-refractivity contribution in [1.82, 2.24) is 14.9 Å². The zero-order valence-electron chi connectivity index (χ0n) is 14.8. The van der Waals surface area contributed by atoms with Gasteiger partial charge in [0.25, 0.3) is 0 Å². The van der Waals surface area contributed by atoms with Gasteiger partial charge in [0.1, 0.15) is 5.75 Å². The molecule has 1 aliphatic heterocycles. The summed E-state index contributed by atoms with van der Waals surface area (Å²) in [6.07, 6.45) is 2.06. The van der Waals surface area contributed by atoms with Crippen molar-refractivity contribution in [3.63, 3.8) is 0 Å². The molecule has 3 aromatic rings. The van der Waals surface area contributed by atoms with Crippen LogP contribution in [-0.2, 0) is 19.4 Å². The summed E-state index contributed by atoms with van der Waals surface area (Å²) < 4.78 is 5.22. The monoisotopic (exact) mass is 333 g/mol. The topological polar surface area (TPSA) is 38.2 Å². The molecule has 1 aliphatic rings. The van der Waals surface area contributed by atoms with E-state index in [1.165, 1.54) is 16.8 Å². The quantitative estimate of drug-likeness (QED) is 0.732. The number of rotatable bonds is 4. The molecule has 0 spiro atoms. The first-order valence-electron chi connectivity index (χ1n) is 8.83. The Labute approximate surface area is 148 Å². The molecular weight excluding hydrogens is 310 g/mol. The minimum atomic E-state index is 0.880. The number of hydrogen-bond acceptors (Lipinski definition) is 4. The first kappa shape index (κ1) is 16.0. The molecule has 3 heterocycles. The highest BCUT2D eigenvalue weighted by Crippen LogP contribution is 2.22. The number of nitrogens with zero attached hydrogens (tertiary/aromatic N) is 3. The standard InChI is InChI=1S/C21H23N3O/c1-15-3-6-17-13-18-14-24(12-10-20(18)23-21(17)22-15)11-9-16-4-7-19(25-2)8-5-16/h3-8,13H,9-12,14H2,1-2H3. The third-order valence-corrected chi connectivity index (χ3v) is 4.92. The van der Waals surface area contributed by atoms with E-state index in [4.69, 9.17) is 9.72 Å². The summed E-state index contributed by atoms with van der Waals surface area (Å²) in [5.41, 5.74) is 5.82. The minimum Gasteiger partial charge on any atom is -0.497 e. The molecule has 0 bridgehead atoms. The molecule has 0 radical (unpaired) electrons. The summed E-state index contributed by atoms with van der Waals surface area (Å²) in [6, 6.07) is 14.8. The van der Waals surface area contributed by atoms with Gasteiger partial charge in [-0.05, 0) is 54.8 Å². The third-order valence-electron chi connectivity index (χ3n) is 4.92. The van der Waals surface area contributed by atoms with Gasteiger partial charge in [-0.2, -0.15) is 0 Å². The van der Waals surface area contributed by atoms with Gasteiger partial charge in [0.15, 0.2) is 5.65 Å². The Bertz CT molecular complexity index is 890. The van der Waals surface area contributed by atoms with Gasteiger partial charge in [-0.25, -0.2) is 9.97 Å². The average Bonchev–Trinajstić information content (AvgIpc) is 2.65. The van der Waals surface area contributed by atoms with Crippen molar-refractivity contribution in [2.75, 3.05) is 20.2 Å². The Hall–Kier alpha value is -2.46. The second-order valence-corrected chi connectivity index (χ2v) is 6.72. The molecule has 0 saturated carbocycles. The van der Waals surface area contributed by atoms with Gasteiger partial charge < -0.3 is 4.74 Å². The summed E-state index contributed by atoms with van der Waals surface area (Å²) in [7, 11) is 1.70. The SMILES string of the molecule is COc1ccc(CCN2CCc3nc4nc(C)ccc4cc3C2)cc1. The lowest BCUT2D eigenvalue weighted by Gasteiger charge is -2.28. The van der Waals surface area contributed by atoms with Gasteiger partial charge in [0.05, 0.1) is 7.11 Å². The predicted octanol–water partition coefficient (Wildman–Crippen LogP) is 3.55. The van der Waals surface area contributed by atoms with Crippen LogP contribution in [0.25, 0.3) is 11.0 Å². The number of methoxy groups -OCH3 is 1. The molecule has 128 valence electrons. The van der Waals surface area contributed by atoms with Gasteiger partial charge in [-0.15, -0.1) is 0 Å². The zero-order valence-corrected chi connectivity index (χ0v) is 14.8. The Balaban J connectivity index is 1.45. The van der Waals surface area contributed by atoms with E-state index in [0.29, 0.717) is 0 Å². The van der Waals surface area contributed by atoms with Gasteiger partial charge in [0.2, 0.25) is 0 Å². The molecular formula is C21H23N3O. The number of aromatic nitrogens is 2. The second kappa shape index (κ2) is 6.81. The third kappa shape index (κ3) is 3.49. The van der Waals surface area contributed by atoms with Crippen molar-refractivity contribution in [3.8, 4) is 5.75 Å². The highest BCUT2D eigenvalue weighted by Gasteiger charge is 2.18.